The Morgan fingerprint density at radius 1 is 1.46 bits per heavy atom. The van der Waals surface area contributed by atoms with Crippen molar-refractivity contribution in [3.8, 4) is 0 Å². The van der Waals surface area contributed by atoms with E-state index >= 15 is 0 Å². The predicted octanol–water partition coefficient (Wildman–Crippen LogP) is 1.27. The summed E-state index contributed by atoms with van der Waals surface area (Å²) in [6.07, 6.45) is 1.13. The molecule has 0 unspecified atom stereocenters. The van der Waals surface area contributed by atoms with Crippen LogP contribution in [0.3, 0.4) is 0 Å². The molecule has 0 aliphatic carbocycles. The summed E-state index contributed by atoms with van der Waals surface area (Å²) in [5.74, 6) is 2.93. The third-order valence-electron chi connectivity index (χ3n) is 1.40. The molecule has 0 heterocycles. The summed E-state index contributed by atoms with van der Waals surface area (Å²) in [6, 6.07) is -0.705. The molecular formula is C8H17NO2S2. The van der Waals surface area contributed by atoms with Gasteiger partial charge < -0.3 is 10.8 Å². The lowest BCUT2D eigenvalue weighted by molar-refractivity contribution is -0.137. The molecule has 13 heavy (non-hydrogen) atoms. The zero-order valence-electron chi connectivity index (χ0n) is 7.86. The maximum atomic E-state index is 10.3. The smallest absolute Gasteiger partial charge is 0.321 e. The molecule has 0 saturated carbocycles. The lowest BCUT2D eigenvalue weighted by atomic mass is 10.4. The first kappa shape index (κ1) is 13.1. The van der Waals surface area contributed by atoms with E-state index in [2.05, 4.69) is 6.92 Å². The van der Waals surface area contributed by atoms with Crippen molar-refractivity contribution in [2.24, 2.45) is 5.73 Å². The van der Waals surface area contributed by atoms with E-state index in [4.69, 9.17) is 10.8 Å². The van der Waals surface area contributed by atoms with Gasteiger partial charge in [0, 0.05) is 5.75 Å². The zero-order valence-corrected chi connectivity index (χ0v) is 9.50. The van der Waals surface area contributed by atoms with Crippen molar-refractivity contribution < 1.29 is 9.90 Å². The zero-order chi connectivity index (χ0) is 10.1. The molecule has 0 amide bonds. The van der Waals surface area contributed by atoms with Gasteiger partial charge in [-0.3, -0.25) is 4.79 Å². The van der Waals surface area contributed by atoms with Gasteiger partial charge in [-0.25, -0.2) is 0 Å². The van der Waals surface area contributed by atoms with Gasteiger partial charge in [-0.15, -0.1) is 0 Å². The molecular weight excluding hydrogens is 206 g/mol. The summed E-state index contributed by atoms with van der Waals surface area (Å²) in [4.78, 5) is 10.3. The van der Waals surface area contributed by atoms with Gasteiger partial charge in [0.15, 0.2) is 0 Å². The van der Waals surface area contributed by atoms with Crippen molar-refractivity contribution in [1.82, 2.24) is 0 Å². The maximum absolute atomic E-state index is 10.3. The Bertz CT molecular complexity index is 144. The second kappa shape index (κ2) is 8.72. The van der Waals surface area contributed by atoms with E-state index < -0.39 is 12.0 Å². The topological polar surface area (TPSA) is 63.3 Å². The van der Waals surface area contributed by atoms with E-state index in [0.717, 1.165) is 23.7 Å². The summed E-state index contributed by atoms with van der Waals surface area (Å²) in [7, 11) is 0. The molecule has 0 spiro atoms. The molecule has 3 N–H and O–H groups in total. The standard InChI is InChI=1S/C8H17NO2S2/c1-2-12-4-3-5-13-6-7(9)8(10)11/h7H,2-6,9H2,1H3,(H,10,11)/t7-/m0/s1. The van der Waals surface area contributed by atoms with E-state index in [-0.39, 0.29) is 0 Å². The lowest BCUT2D eigenvalue weighted by Gasteiger charge is -2.05. The van der Waals surface area contributed by atoms with Crippen LogP contribution in [-0.2, 0) is 4.79 Å². The number of hydrogen-bond donors (Lipinski definition) is 2. The number of rotatable bonds is 8. The number of carbonyl (C=O) groups is 1. The average molecular weight is 223 g/mol. The minimum absolute atomic E-state index is 0.520. The lowest BCUT2D eigenvalue weighted by Crippen LogP contribution is -2.32. The number of carboxylic acid groups (broad SMARTS) is 1. The van der Waals surface area contributed by atoms with E-state index in [1.165, 1.54) is 0 Å². The van der Waals surface area contributed by atoms with Gasteiger partial charge in [0.25, 0.3) is 0 Å². The van der Waals surface area contributed by atoms with Crippen molar-refractivity contribution in [3.05, 3.63) is 0 Å². The van der Waals surface area contributed by atoms with Crippen molar-refractivity contribution >= 4 is 29.5 Å². The highest BCUT2D eigenvalue weighted by atomic mass is 32.2. The summed E-state index contributed by atoms with van der Waals surface area (Å²) >= 11 is 3.53. The van der Waals surface area contributed by atoms with Crippen LogP contribution in [0.25, 0.3) is 0 Å². The van der Waals surface area contributed by atoms with Gasteiger partial charge in [-0.1, -0.05) is 6.92 Å². The molecule has 0 bridgehead atoms. The second-order valence-electron chi connectivity index (χ2n) is 2.57. The van der Waals surface area contributed by atoms with Gasteiger partial charge in [0.1, 0.15) is 6.04 Å². The normalized spacial score (nSPS) is 12.8. The highest BCUT2D eigenvalue weighted by molar-refractivity contribution is 8.00. The second-order valence-corrected chi connectivity index (χ2v) is 5.11. The van der Waals surface area contributed by atoms with Gasteiger partial charge in [0.05, 0.1) is 0 Å². The largest absolute Gasteiger partial charge is 0.480 e. The number of thioether (sulfide) groups is 2. The molecule has 5 heteroatoms. The van der Waals surface area contributed by atoms with Crippen LogP contribution in [0.1, 0.15) is 13.3 Å². The number of hydrogen-bond acceptors (Lipinski definition) is 4. The summed E-state index contributed by atoms with van der Waals surface area (Å²) in [5.41, 5.74) is 5.33. The third kappa shape index (κ3) is 8.46. The molecule has 1 atom stereocenters. The summed E-state index contributed by atoms with van der Waals surface area (Å²) in [6.45, 7) is 2.14. The van der Waals surface area contributed by atoms with Crippen LogP contribution in [0.4, 0.5) is 0 Å². The van der Waals surface area contributed by atoms with Crippen LogP contribution >= 0.6 is 23.5 Å². The fourth-order valence-electron chi connectivity index (χ4n) is 0.689. The van der Waals surface area contributed by atoms with Crippen molar-refractivity contribution in [1.29, 1.82) is 0 Å². The van der Waals surface area contributed by atoms with Crippen LogP contribution in [0.5, 0.6) is 0 Å². The van der Waals surface area contributed by atoms with E-state index in [1.54, 1.807) is 11.8 Å². The van der Waals surface area contributed by atoms with E-state index in [1.807, 2.05) is 11.8 Å². The Kier molecular flexibility index (Phi) is 8.80. The highest BCUT2D eigenvalue weighted by Gasteiger charge is 2.09. The third-order valence-corrected chi connectivity index (χ3v) is 3.55. The Labute approximate surface area is 87.8 Å². The van der Waals surface area contributed by atoms with Crippen LogP contribution in [0.15, 0.2) is 0 Å². The van der Waals surface area contributed by atoms with Crippen molar-refractivity contribution in [2.75, 3.05) is 23.0 Å². The quantitative estimate of drug-likeness (QED) is 0.607. The monoisotopic (exact) mass is 223 g/mol. The van der Waals surface area contributed by atoms with Crippen LogP contribution in [-0.4, -0.2) is 40.1 Å². The predicted molar refractivity (Wildman–Crippen MR) is 60.6 cm³/mol. The average Bonchev–Trinajstić information content (AvgIpc) is 2.10. The molecule has 78 valence electrons. The van der Waals surface area contributed by atoms with Gasteiger partial charge in [-0.2, -0.15) is 23.5 Å². The Morgan fingerprint density at radius 2 is 2.08 bits per heavy atom. The van der Waals surface area contributed by atoms with E-state index in [0.29, 0.717) is 5.75 Å². The maximum Gasteiger partial charge on any atom is 0.321 e. The SMILES string of the molecule is CCSCCCSC[C@H](N)C(=O)O. The van der Waals surface area contributed by atoms with Gasteiger partial charge >= 0.3 is 5.97 Å². The van der Waals surface area contributed by atoms with Crippen molar-refractivity contribution in [2.45, 2.75) is 19.4 Å². The summed E-state index contributed by atoms with van der Waals surface area (Å²) < 4.78 is 0. The van der Waals surface area contributed by atoms with Crippen LogP contribution in [0, 0.1) is 0 Å². The van der Waals surface area contributed by atoms with Crippen molar-refractivity contribution in [3.63, 3.8) is 0 Å². The minimum atomic E-state index is -0.907. The highest BCUT2D eigenvalue weighted by Crippen LogP contribution is 2.08. The molecule has 0 fully saturated rings. The molecule has 0 aliphatic heterocycles. The molecule has 0 aromatic heterocycles. The van der Waals surface area contributed by atoms with Gasteiger partial charge in [0.2, 0.25) is 0 Å². The molecule has 3 nitrogen and oxygen atoms in total. The first-order chi connectivity index (χ1) is 6.18. The molecule has 0 aromatic carbocycles. The Morgan fingerprint density at radius 3 is 2.62 bits per heavy atom. The first-order valence-electron chi connectivity index (χ1n) is 4.32. The van der Waals surface area contributed by atoms with E-state index in [9.17, 15) is 4.79 Å². The molecule has 0 rings (SSSR count). The molecule has 0 radical (unpaired) electrons. The number of carboxylic acids is 1. The molecule has 0 saturated heterocycles. The Hall–Kier alpha value is 0.130. The molecule has 0 aromatic rings. The van der Waals surface area contributed by atoms with Crippen LogP contribution < -0.4 is 5.73 Å². The fourth-order valence-corrected chi connectivity index (χ4v) is 2.42. The fraction of sp³-hybridized carbons (Fsp3) is 0.875. The van der Waals surface area contributed by atoms with Crippen LogP contribution in [0.2, 0.25) is 0 Å². The minimum Gasteiger partial charge on any atom is -0.480 e. The Balaban J connectivity index is 3.11. The first-order valence-corrected chi connectivity index (χ1v) is 6.63. The number of aliphatic carboxylic acids is 1. The number of nitrogens with two attached hydrogens (primary N) is 1. The summed E-state index contributed by atoms with van der Waals surface area (Å²) in [5, 5.41) is 8.48. The molecule has 0 aliphatic rings. The van der Waals surface area contributed by atoms with Gasteiger partial charge in [-0.05, 0) is 23.7 Å².